The van der Waals surface area contributed by atoms with Crippen LogP contribution in [0.3, 0.4) is 0 Å². The maximum Gasteiger partial charge on any atom is 0.573 e. The predicted molar refractivity (Wildman–Crippen MR) is 138 cm³/mol. The van der Waals surface area contributed by atoms with E-state index >= 15 is 0 Å². The number of nitrogens with zero attached hydrogens (tertiary/aromatic N) is 3. The Morgan fingerprint density at radius 2 is 1.87 bits per heavy atom. The summed E-state index contributed by atoms with van der Waals surface area (Å²) < 4.78 is 60.2. The van der Waals surface area contributed by atoms with Gasteiger partial charge in [-0.15, -0.1) is 13.2 Å². The number of carbonyl (C=O) groups excluding carboxylic acids is 1. The van der Waals surface area contributed by atoms with Crippen molar-refractivity contribution in [1.29, 1.82) is 0 Å². The van der Waals surface area contributed by atoms with E-state index in [1.54, 1.807) is 12.0 Å². The molecule has 0 N–H and O–H groups in total. The Morgan fingerprint density at radius 3 is 2.47 bits per heavy atom. The highest BCUT2D eigenvalue weighted by molar-refractivity contribution is 5.85. The monoisotopic (exact) mass is 537 g/mol. The highest BCUT2D eigenvalue weighted by atomic mass is 19.4. The van der Waals surface area contributed by atoms with Gasteiger partial charge in [0, 0.05) is 38.0 Å². The number of methoxy groups -OCH3 is 2. The first-order chi connectivity index (χ1) is 18.0. The standard InChI is InChI=1S/C27H34F3N3O5/c1-7-19(16-37-26(34)32(8-2)11-12-35-5)33-15-18(4)25-22(33)13-17(3)24(31-25)21-10-9-20(14-23(21)36-6)38-27(28,29)30/h9-10,13-15,19H,7-8,11-12,16H2,1-6H3. The molecular weight excluding hydrogens is 503 g/mol. The van der Waals surface area contributed by atoms with E-state index < -0.39 is 12.5 Å². The van der Waals surface area contributed by atoms with Crippen LogP contribution < -0.4 is 9.47 Å². The zero-order valence-electron chi connectivity index (χ0n) is 22.5. The Hall–Kier alpha value is -3.47. The molecule has 0 bridgehead atoms. The third-order valence-corrected chi connectivity index (χ3v) is 6.31. The molecule has 1 atom stereocenters. The van der Waals surface area contributed by atoms with Crippen LogP contribution in [0.15, 0.2) is 30.5 Å². The Labute approximate surface area is 220 Å². The number of aromatic nitrogens is 2. The first kappa shape index (κ1) is 29.1. The molecule has 0 spiro atoms. The fourth-order valence-electron chi connectivity index (χ4n) is 4.30. The van der Waals surface area contributed by atoms with E-state index in [9.17, 15) is 18.0 Å². The fraction of sp³-hybridized carbons (Fsp3) is 0.481. The summed E-state index contributed by atoms with van der Waals surface area (Å²) in [6.45, 7) is 9.31. The van der Waals surface area contributed by atoms with Crippen LogP contribution in [0.2, 0.25) is 0 Å². The molecule has 0 aliphatic rings. The predicted octanol–water partition coefficient (Wildman–Crippen LogP) is 6.28. The third-order valence-electron chi connectivity index (χ3n) is 6.31. The van der Waals surface area contributed by atoms with Crippen molar-refractivity contribution in [3.05, 3.63) is 41.6 Å². The van der Waals surface area contributed by atoms with Crippen LogP contribution in [-0.2, 0) is 9.47 Å². The number of alkyl halides is 3. The van der Waals surface area contributed by atoms with E-state index in [-0.39, 0.29) is 24.1 Å². The summed E-state index contributed by atoms with van der Waals surface area (Å²) in [5.41, 5.74) is 4.47. The van der Waals surface area contributed by atoms with Gasteiger partial charge in [-0.3, -0.25) is 0 Å². The summed E-state index contributed by atoms with van der Waals surface area (Å²) in [5.74, 6) is -0.158. The number of rotatable bonds is 11. The van der Waals surface area contributed by atoms with Gasteiger partial charge < -0.3 is 28.4 Å². The molecule has 11 heteroatoms. The van der Waals surface area contributed by atoms with Crippen molar-refractivity contribution in [3.63, 3.8) is 0 Å². The number of likely N-dealkylation sites (N-methyl/N-ethyl adjacent to an activating group) is 1. The smallest absolute Gasteiger partial charge is 0.496 e. The first-order valence-electron chi connectivity index (χ1n) is 12.4. The third kappa shape index (κ3) is 6.69. The largest absolute Gasteiger partial charge is 0.573 e. The molecule has 2 aromatic heterocycles. The Balaban J connectivity index is 1.92. The minimum Gasteiger partial charge on any atom is -0.496 e. The van der Waals surface area contributed by atoms with Gasteiger partial charge in [0.2, 0.25) is 0 Å². The molecule has 38 heavy (non-hydrogen) atoms. The Morgan fingerprint density at radius 1 is 1.13 bits per heavy atom. The van der Waals surface area contributed by atoms with E-state index in [0.29, 0.717) is 31.0 Å². The Kier molecular flexibility index (Phi) is 9.48. The lowest BCUT2D eigenvalue weighted by molar-refractivity contribution is -0.274. The number of ether oxygens (including phenoxy) is 4. The van der Waals surface area contributed by atoms with Gasteiger partial charge in [0.25, 0.3) is 0 Å². The number of benzene rings is 1. The molecule has 8 nitrogen and oxygen atoms in total. The maximum atomic E-state index is 12.7. The topological polar surface area (TPSA) is 75.0 Å². The van der Waals surface area contributed by atoms with Crippen LogP contribution in [0.25, 0.3) is 22.3 Å². The van der Waals surface area contributed by atoms with Crippen LogP contribution in [0, 0.1) is 13.8 Å². The van der Waals surface area contributed by atoms with Crippen LogP contribution in [0.5, 0.6) is 11.5 Å². The molecule has 3 rings (SSSR count). The summed E-state index contributed by atoms with van der Waals surface area (Å²) in [7, 11) is 2.97. The first-order valence-corrected chi connectivity index (χ1v) is 12.4. The number of hydrogen-bond donors (Lipinski definition) is 0. The zero-order chi connectivity index (χ0) is 28.0. The Bertz CT molecular complexity index is 1260. The van der Waals surface area contributed by atoms with E-state index in [2.05, 4.69) is 9.30 Å². The fourth-order valence-corrected chi connectivity index (χ4v) is 4.30. The molecule has 208 valence electrons. The van der Waals surface area contributed by atoms with Crippen LogP contribution in [0.4, 0.5) is 18.0 Å². The molecule has 2 heterocycles. The molecule has 0 aliphatic heterocycles. The number of pyridine rings is 1. The number of hydrogen-bond acceptors (Lipinski definition) is 6. The van der Waals surface area contributed by atoms with Crippen molar-refractivity contribution in [2.45, 2.75) is 46.5 Å². The van der Waals surface area contributed by atoms with Crippen LogP contribution in [0.1, 0.15) is 37.4 Å². The average Bonchev–Trinajstić information content (AvgIpc) is 3.18. The molecule has 0 aliphatic carbocycles. The van der Waals surface area contributed by atoms with Gasteiger partial charge in [-0.1, -0.05) is 6.92 Å². The van der Waals surface area contributed by atoms with E-state index in [1.807, 2.05) is 40.0 Å². The van der Waals surface area contributed by atoms with Crippen molar-refractivity contribution in [2.75, 3.05) is 40.5 Å². The van der Waals surface area contributed by atoms with Crippen molar-refractivity contribution >= 4 is 17.1 Å². The molecular formula is C27H34F3N3O5. The summed E-state index contributed by atoms with van der Waals surface area (Å²) in [6, 6.07) is 5.80. The van der Waals surface area contributed by atoms with Gasteiger partial charge in [0.1, 0.15) is 18.1 Å². The second-order valence-corrected chi connectivity index (χ2v) is 8.86. The molecule has 1 aromatic carbocycles. The minimum atomic E-state index is -4.80. The molecule has 1 unspecified atom stereocenters. The molecule has 1 amide bonds. The second kappa shape index (κ2) is 12.4. The molecule has 0 saturated heterocycles. The van der Waals surface area contributed by atoms with Gasteiger partial charge in [-0.2, -0.15) is 0 Å². The minimum absolute atomic E-state index is 0.114. The number of aryl methyl sites for hydroxylation is 2. The normalized spacial score (nSPS) is 12.4. The average molecular weight is 538 g/mol. The molecule has 3 aromatic rings. The van der Waals surface area contributed by atoms with E-state index in [0.717, 1.165) is 28.6 Å². The summed E-state index contributed by atoms with van der Waals surface area (Å²) in [5, 5.41) is 0. The lowest BCUT2D eigenvalue weighted by atomic mass is 10.0. The number of amides is 1. The summed E-state index contributed by atoms with van der Waals surface area (Å²) >= 11 is 0. The quantitative estimate of drug-likeness (QED) is 0.287. The molecule has 0 saturated carbocycles. The van der Waals surface area contributed by atoms with Gasteiger partial charge in [0.15, 0.2) is 0 Å². The summed E-state index contributed by atoms with van der Waals surface area (Å²) in [4.78, 5) is 19.0. The van der Waals surface area contributed by atoms with Crippen molar-refractivity contribution in [3.8, 4) is 22.8 Å². The SMILES string of the molecule is CCC(COC(=O)N(CC)CCOC)n1cc(C)c2nc(-c3ccc(OC(F)(F)F)cc3OC)c(C)cc21. The van der Waals surface area contributed by atoms with Crippen molar-refractivity contribution in [1.82, 2.24) is 14.5 Å². The van der Waals surface area contributed by atoms with E-state index in [4.69, 9.17) is 19.2 Å². The van der Waals surface area contributed by atoms with Gasteiger partial charge in [-0.25, -0.2) is 9.78 Å². The number of fused-ring (bicyclic) bond motifs is 1. The zero-order valence-corrected chi connectivity index (χ0v) is 22.5. The highest BCUT2D eigenvalue weighted by Crippen LogP contribution is 2.37. The molecule has 0 radical (unpaired) electrons. The van der Waals surface area contributed by atoms with Gasteiger partial charge in [0.05, 0.1) is 36.5 Å². The summed E-state index contributed by atoms with van der Waals surface area (Å²) in [6.07, 6.45) is -2.50. The maximum absolute atomic E-state index is 12.7. The lowest BCUT2D eigenvalue weighted by Crippen LogP contribution is -2.35. The number of carbonyl (C=O) groups is 1. The highest BCUT2D eigenvalue weighted by Gasteiger charge is 2.31. The number of halogens is 3. The van der Waals surface area contributed by atoms with Crippen molar-refractivity contribution < 1.29 is 36.9 Å². The van der Waals surface area contributed by atoms with Crippen molar-refractivity contribution in [2.24, 2.45) is 0 Å². The molecule has 0 fully saturated rings. The lowest BCUT2D eigenvalue weighted by Gasteiger charge is -2.23. The van der Waals surface area contributed by atoms with E-state index in [1.165, 1.54) is 25.3 Å². The second-order valence-electron chi connectivity index (χ2n) is 8.86. The van der Waals surface area contributed by atoms with Crippen LogP contribution >= 0.6 is 0 Å². The van der Waals surface area contributed by atoms with Gasteiger partial charge >= 0.3 is 12.5 Å². The van der Waals surface area contributed by atoms with Gasteiger partial charge in [-0.05, 0) is 56.5 Å². The van der Waals surface area contributed by atoms with Crippen LogP contribution in [-0.4, -0.2) is 67.4 Å².